The van der Waals surface area contributed by atoms with Crippen LogP contribution in [0.5, 0.6) is 0 Å². The minimum absolute atomic E-state index is 0.155. The van der Waals surface area contributed by atoms with Crippen LogP contribution in [0.3, 0.4) is 0 Å². The Labute approximate surface area is 239 Å². The van der Waals surface area contributed by atoms with Gasteiger partial charge in [-0.15, -0.1) is 0 Å². The van der Waals surface area contributed by atoms with Crippen molar-refractivity contribution in [2.24, 2.45) is 5.92 Å². The van der Waals surface area contributed by atoms with Crippen molar-refractivity contribution in [3.8, 4) is 5.82 Å². The fourth-order valence-electron chi connectivity index (χ4n) is 4.63. The highest BCUT2D eigenvalue weighted by Crippen LogP contribution is 2.30. The van der Waals surface area contributed by atoms with E-state index in [0.29, 0.717) is 33.3 Å². The van der Waals surface area contributed by atoms with Crippen molar-refractivity contribution >= 4 is 50.9 Å². The SMILES string of the molecule is O=C(Nc1c(Br)c(C(=O)NCCC2CCN(c3ccncc3)CC2)nn1-c1ccccn1)c1ccccc1Cl. The Kier molecular flexibility index (Phi) is 8.53. The molecule has 0 unspecified atom stereocenters. The third-order valence-electron chi connectivity index (χ3n) is 6.74. The predicted octanol–water partition coefficient (Wildman–Crippen LogP) is 5.37. The van der Waals surface area contributed by atoms with Gasteiger partial charge in [0.05, 0.1) is 15.1 Å². The van der Waals surface area contributed by atoms with E-state index in [4.69, 9.17) is 11.6 Å². The van der Waals surface area contributed by atoms with Crippen LogP contribution in [0.2, 0.25) is 5.02 Å². The number of aromatic nitrogens is 4. The molecule has 0 atom stereocenters. The second-order valence-corrected chi connectivity index (χ2v) is 10.4. The van der Waals surface area contributed by atoms with Crippen LogP contribution < -0.4 is 15.5 Å². The normalized spacial score (nSPS) is 13.7. The van der Waals surface area contributed by atoms with Gasteiger partial charge >= 0.3 is 0 Å². The molecular weight excluding hydrogens is 582 g/mol. The molecule has 0 radical (unpaired) electrons. The summed E-state index contributed by atoms with van der Waals surface area (Å²) in [6.07, 6.45) is 8.26. The Balaban J connectivity index is 1.25. The van der Waals surface area contributed by atoms with Crippen LogP contribution in [0, 0.1) is 5.92 Å². The van der Waals surface area contributed by atoms with Crippen LogP contribution in [0.15, 0.2) is 77.7 Å². The van der Waals surface area contributed by atoms with E-state index in [0.717, 1.165) is 32.4 Å². The molecule has 11 heteroatoms. The summed E-state index contributed by atoms with van der Waals surface area (Å²) in [6, 6.07) is 16.1. The Bertz CT molecular complexity index is 1440. The number of carbonyl (C=O) groups excluding carboxylic acids is 2. The van der Waals surface area contributed by atoms with Gasteiger partial charge in [-0.25, -0.2) is 4.98 Å². The lowest BCUT2D eigenvalue weighted by atomic mass is 9.93. The topological polar surface area (TPSA) is 105 Å². The van der Waals surface area contributed by atoms with Crippen molar-refractivity contribution in [3.63, 3.8) is 0 Å². The van der Waals surface area contributed by atoms with Gasteiger partial charge in [-0.2, -0.15) is 9.78 Å². The molecule has 5 rings (SSSR count). The van der Waals surface area contributed by atoms with Crippen LogP contribution in [0.25, 0.3) is 5.82 Å². The van der Waals surface area contributed by atoms with Crippen molar-refractivity contribution in [3.05, 3.63) is 93.9 Å². The summed E-state index contributed by atoms with van der Waals surface area (Å²) in [5.41, 5.74) is 1.66. The number of halogens is 2. The second-order valence-electron chi connectivity index (χ2n) is 9.23. The van der Waals surface area contributed by atoms with Crippen molar-refractivity contribution < 1.29 is 9.59 Å². The van der Waals surface area contributed by atoms with E-state index < -0.39 is 5.91 Å². The minimum atomic E-state index is -0.427. The minimum Gasteiger partial charge on any atom is -0.371 e. The summed E-state index contributed by atoms with van der Waals surface area (Å²) >= 11 is 9.71. The first kappa shape index (κ1) is 26.8. The van der Waals surface area contributed by atoms with E-state index in [1.807, 2.05) is 24.5 Å². The fourth-order valence-corrected chi connectivity index (χ4v) is 5.37. The first-order valence-corrected chi connectivity index (χ1v) is 13.9. The Morgan fingerprint density at radius 3 is 2.44 bits per heavy atom. The maximum absolute atomic E-state index is 13.2. The molecule has 4 aromatic rings. The number of rotatable bonds is 8. The highest BCUT2D eigenvalue weighted by Gasteiger charge is 2.25. The third kappa shape index (κ3) is 6.29. The molecule has 1 aromatic carbocycles. The van der Waals surface area contributed by atoms with Gasteiger partial charge in [0.1, 0.15) is 0 Å². The Hall–Kier alpha value is -3.76. The first-order chi connectivity index (χ1) is 19.0. The van der Waals surface area contributed by atoms with Gasteiger partial charge in [0, 0.05) is 43.9 Å². The van der Waals surface area contributed by atoms with Crippen LogP contribution in [0.1, 0.15) is 40.1 Å². The standard InChI is InChI=1S/C28H27BrClN7O2/c29-24-25(28(39)33-16-8-19-11-17-36(18-12-19)20-9-14-31-15-10-20)35-37(23-7-3-4-13-32-23)26(24)34-27(38)21-5-1-2-6-22(21)30/h1-7,9-10,13-15,19H,8,11-12,16-18H2,(H,33,39)(H,34,38). The molecule has 0 saturated carbocycles. The number of nitrogens with one attached hydrogen (secondary N) is 2. The molecule has 1 aliphatic heterocycles. The average molecular weight is 609 g/mol. The number of benzene rings is 1. The summed E-state index contributed by atoms with van der Waals surface area (Å²) in [5.74, 6) is 0.505. The molecule has 9 nitrogen and oxygen atoms in total. The first-order valence-electron chi connectivity index (χ1n) is 12.7. The molecule has 0 aliphatic carbocycles. The van der Waals surface area contributed by atoms with Crippen LogP contribution >= 0.6 is 27.5 Å². The summed E-state index contributed by atoms with van der Waals surface area (Å²) in [5, 5.41) is 10.6. The molecule has 1 fully saturated rings. The van der Waals surface area contributed by atoms with E-state index in [2.05, 4.69) is 46.5 Å². The zero-order chi connectivity index (χ0) is 27.2. The van der Waals surface area contributed by atoms with Gasteiger partial charge in [0.2, 0.25) is 0 Å². The van der Waals surface area contributed by atoms with Gasteiger partial charge in [-0.3, -0.25) is 14.6 Å². The van der Waals surface area contributed by atoms with Crippen molar-refractivity contribution in [1.29, 1.82) is 0 Å². The van der Waals surface area contributed by atoms with E-state index in [-0.39, 0.29) is 17.4 Å². The number of anilines is 2. The van der Waals surface area contributed by atoms with Crippen molar-refractivity contribution in [2.45, 2.75) is 19.3 Å². The predicted molar refractivity (Wildman–Crippen MR) is 155 cm³/mol. The zero-order valence-electron chi connectivity index (χ0n) is 21.1. The highest BCUT2D eigenvalue weighted by molar-refractivity contribution is 9.10. The number of pyridine rings is 2. The van der Waals surface area contributed by atoms with E-state index in [1.165, 1.54) is 10.4 Å². The number of hydrogen-bond donors (Lipinski definition) is 2. The molecule has 1 saturated heterocycles. The quantitative estimate of drug-likeness (QED) is 0.279. The third-order valence-corrected chi connectivity index (χ3v) is 7.82. The van der Waals surface area contributed by atoms with E-state index in [9.17, 15) is 9.59 Å². The number of amides is 2. The monoisotopic (exact) mass is 607 g/mol. The summed E-state index contributed by atoms with van der Waals surface area (Å²) in [7, 11) is 0. The number of piperidine rings is 1. The number of carbonyl (C=O) groups is 2. The maximum atomic E-state index is 13.2. The molecule has 0 spiro atoms. The smallest absolute Gasteiger partial charge is 0.273 e. The molecule has 3 aromatic heterocycles. The van der Waals surface area contributed by atoms with Gasteiger partial charge in [0.15, 0.2) is 17.3 Å². The number of hydrogen-bond acceptors (Lipinski definition) is 6. The average Bonchev–Trinajstić information content (AvgIpc) is 3.30. The van der Waals surface area contributed by atoms with Crippen molar-refractivity contribution in [1.82, 2.24) is 25.1 Å². The lowest BCUT2D eigenvalue weighted by Gasteiger charge is -2.33. The molecule has 2 N–H and O–H groups in total. The lowest BCUT2D eigenvalue weighted by molar-refractivity contribution is 0.0943. The van der Waals surface area contributed by atoms with Gasteiger partial charge in [-0.05, 0) is 77.5 Å². The zero-order valence-corrected chi connectivity index (χ0v) is 23.4. The number of nitrogens with zero attached hydrogens (tertiary/aromatic N) is 5. The summed E-state index contributed by atoms with van der Waals surface area (Å²) < 4.78 is 1.79. The molecule has 200 valence electrons. The summed E-state index contributed by atoms with van der Waals surface area (Å²) in [6.45, 7) is 2.50. The molecular formula is C28H27BrClN7O2. The van der Waals surface area contributed by atoms with Gasteiger partial charge < -0.3 is 15.5 Å². The highest BCUT2D eigenvalue weighted by atomic mass is 79.9. The Morgan fingerprint density at radius 1 is 0.974 bits per heavy atom. The molecule has 39 heavy (non-hydrogen) atoms. The van der Waals surface area contributed by atoms with Crippen LogP contribution in [-0.4, -0.2) is 51.2 Å². The molecule has 4 heterocycles. The van der Waals surface area contributed by atoms with Crippen LogP contribution in [0.4, 0.5) is 11.5 Å². The maximum Gasteiger partial charge on any atom is 0.273 e. The second kappa shape index (κ2) is 12.4. The largest absolute Gasteiger partial charge is 0.371 e. The van der Waals surface area contributed by atoms with Gasteiger partial charge in [-0.1, -0.05) is 29.8 Å². The lowest BCUT2D eigenvalue weighted by Crippen LogP contribution is -2.35. The molecule has 2 amide bonds. The fraction of sp³-hybridized carbons (Fsp3) is 0.250. The van der Waals surface area contributed by atoms with Crippen LogP contribution in [-0.2, 0) is 0 Å². The summed E-state index contributed by atoms with van der Waals surface area (Å²) in [4.78, 5) is 37.0. The molecule has 1 aliphatic rings. The van der Waals surface area contributed by atoms with E-state index >= 15 is 0 Å². The Morgan fingerprint density at radius 2 is 1.72 bits per heavy atom. The molecule has 0 bridgehead atoms. The van der Waals surface area contributed by atoms with Crippen molar-refractivity contribution in [2.75, 3.05) is 29.9 Å². The van der Waals surface area contributed by atoms with Gasteiger partial charge in [0.25, 0.3) is 11.8 Å². The van der Waals surface area contributed by atoms with E-state index in [1.54, 1.807) is 48.7 Å².